The van der Waals surface area contributed by atoms with Crippen LogP contribution in [0.4, 0.5) is 0 Å². The third-order valence-electron chi connectivity index (χ3n) is 4.85. The van der Waals surface area contributed by atoms with Crippen molar-refractivity contribution in [3.05, 3.63) is 0 Å². The van der Waals surface area contributed by atoms with E-state index in [0.29, 0.717) is 12.1 Å². The van der Waals surface area contributed by atoms with Crippen LogP contribution in [0, 0.1) is 11.3 Å². The minimum Gasteiger partial charge on any atom is -0.299 e. The summed E-state index contributed by atoms with van der Waals surface area (Å²) >= 11 is 0. The maximum absolute atomic E-state index is 9.51. The molecule has 2 aliphatic rings. The third kappa shape index (κ3) is 3.72. The summed E-state index contributed by atoms with van der Waals surface area (Å²) in [6, 6.07) is 3.76. The Bertz CT molecular complexity index is 351. The molecule has 0 aromatic heterocycles. The molecule has 2 rings (SSSR count). The van der Waals surface area contributed by atoms with Crippen LogP contribution < -0.4 is 5.32 Å². The maximum atomic E-state index is 9.51. The van der Waals surface area contributed by atoms with Crippen LogP contribution in [-0.2, 0) is 0 Å². The number of piperazine rings is 1. The van der Waals surface area contributed by atoms with E-state index in [1.165, 1.54) is 32.4 Å². The smallest absolute Gasteiger partial charge is 0.116 e. The van der Waals surface area contributed by atoms with Crippen molar-refractivity contribution in [2.45, 2.75) is 64.1 Å². The highest BCUT2D eigenvalue weighted by molar-refractivity contribution is 5.07. The molecule has 20 heavy (non-hydrogen) atoms. The van der Waals surface area contributed by atoms with E-state index in [0.717, 1.165) is 26.1 Å². The Labute approximate surface area is 124 Å². The van der Waals surface area contributed by atoms with Crippen molar-refractivity contribution in [2.24, 2.45) is 0 Å². The van der Waals surface area contributed by atoms with Crippen molar-refractivity contribution >= 4 is 0 Å². The number of nitrogens with zero attached hydrogens (tertiary/aromatic N) is 3. The summed E-state index contributed by atoms with van der Waals surface area (Å²) < 4.78 is 0. The van der Waals surface area contributed by atoms with Crippen LogP contribution in [0.25, 0.3) is 0 Å². The summed E-state index contributed by atoms with van der Waals surface area (Å²) in [6.45, 7) is 11.8. The molecule has 0 aromatic carbocycles. The van der Waals surface area contributed by atoms with Gasteiger partial charge < -0.3 is 0 Å². The van der Waals surface area contributed by atoms with Crippen molar-refractivity contribution in [1.82, 2.24) is 15.1 Å². The molecule has 2 heterocycles. The fourth-order valence-corrected chi connectivity index (χ4v) is 3.57. The average Bonchev–Trinajstić information content (AvgIpc) is 2.46. The Morgan fingerprint density at radius 3 is 2.85 bits per heavy atom. The molecule has 0 aliphatic carbocycles. The van der Waals surface area contributed by atoms with Gasteiger partial charge in [-0.25, -0.2) is 0 Å². The number of nitrogens with one attached hydrogen (secondary N) is 1. The van der Waals surface area contributed by atoms with Gasteiger partial charge in [0.25, 0.3) is 0 Å². The Morgan fingerprint density at radius 1 is 1.35 bits per heavy atom. The minimum absolute atomic E-state index is 0.416. The SMILES string of the molecule is CCCNC(C)(C#N)CN1CC2CCCCN2CC1C. The number of hydrogen-bond donors (Lipinski definition) is 1. The van der Waals surface area contributed by atoms with Crippen LogP contribution in [0.3, 0.4) is 0 Å². The standard InChI is InChI=1S/C16H30N4/c1-4-8-18-16(3,12-17)13-20-11-15-7-5-6-9-19(15)10-14(20)2/h14-15,18H,4-11,13H2,1-3H3. The van der Waals surface area contributed by atoms with Gasteiger partial charge in [0.1, 0.15) is 5.54 Å². The molecular formula is C16H30N4. The largest absolute Gasteiger partial charge is 0.299 e. The van der Waals surface area contributed by atoms with Gasteiger partial charge in [-0.3, -0.25) is 15.1 Å². The van der Waals surface area contributed by atoms with Crippen molar-refractivity contribution < 1.29 is 0 Å². The fourth-order valence-electron chi connectivity index (χ4n) is 3.57. The van der Waals surface area contributed by atoms with E-state index in [1.807, 2.05) is 6.92 Å². The fraction of sp³-hybridized carbons (Fsp3) is 0.938. The first-order chi connectivity index (χ1) is 9.58. The van der Waals surface area contributed by atoms with Crippen LogP contribution in [0.15, 0.2) is 0 Å². The predicted octanol–water partition coefficient (Wildman–Crippen LogP) is 1.83. The van der Waals surface area contributed by atoms with Crippen molar-refractivity contribution in [1.29, 1.82) is 5.26 Å². The molecule has 0 radical (unpaired) electrons. The number of fused-ring (bicyclic) bond motifs is 1. The molecule has 3 atom stereocenters. The predicted molar refractivity (Wildman–Crippen MR) is 82.6 cm³/mol. The lowest BCUT2D eigenvalue weighted by atomic mass is 9.95. The molecule has 3 unspecified atom stereocenters. The van der Waals surface area contributed by atoms with Crippen LogP contribution in [0.2, 0.25) is 0 Å². The Morgan fingerprint density at radius 2 is 2.15 bits per heavy atom. The van der Waals surface area contributed by atoms with E-state index in [2.05, 4.69) is 35.0 Å². The van der Waals surface area contributed by atoms with E-state index in [-0.39, 0.29) is 0 Å². The second-order valence-electron chi connectivity index (χ2n) is 6.79. The molecular weight excluding hydrogens is 248 g/mol. The van der Waals surface area contributed by atoms with Crippen molar-refractivity contribution in [3.63, 3.8) is 0 Å². The van der Waals surface area contributed by atoms with Crippen LogP contribution in [-0.4, -0.2) is 60.1 Å². The molecule has 2 fully saturated rings. The lowest BCUT2D eigenvalue weighted by molar-refractivity contribution is 0.00716. The van der Waals surface area contributed by atoms with Crippen LogP contribution in [0.5, 0.6) is 0 Å². The van der Waals surface area contributed by atoms with Crippen molar-refractivity contribution in [2.75, 3.05) is 32.7 Å². The van der Waals surface area contributed by atoms with Crippen molar-refractivity contribution in [3.8, 4) is 6.07 Å². The van der Waals surface area contributed by atoms with Gasteiger partial charge >= 0.3 is 0 Å². The molecule has 0 saturated carbocycles. The summed E-state index contributed by atoms with van der Waals surface area (Å²) in [5.41, 5.74) is -0.416. The molecule has 0 spiro atoms. The normalized spacial score (nSPS) is 31.3. The number of piperidine rings is 1. The summed E-state index contributed by atoms with van der Waals surface area (Å²) in [5, 5.41) is 12.9. The van der Waals surface area contributed by atoms with E-state index >= 15 is 0 Å². The second kappa shape index (κ2) is 6.89. The zero-order valence-corrected chi connectivity index (χ0v) is 13.4. The van der Waals surface area contributed by atoms with Gasteiger partial charge in [-0.1, -0.05) is 13.3 Å². The molecule has 4 heteroatoms. The molecule has 1 N–H and O–H groups in total. The van der Waals surface area contributed by atoms with Gasteiger partial charge in [-0.15, -0.1) is 0 Å². The second-order valence-corrected chi connectivity index (χ2v) is 6.79. The van der Waals surface area contributed by atoms with Gasteiger partial charge in [0.2, 0.25) is 0 Å². The molecule has 0 bridgehead atoms. The average molecular weight is 278 g/mol. The van der Waals surface area contributed by atoms with E-state index in [1.54, 1.807) is 0 Å². The van der Waals surface area contributed by atoms with Gasteiger partial charge in [0.05, 0.1) is 6.07 Å². The van der Waals surface area contributed by atoms with E-state index in [9.17, 15) is 5.26 Å². The van der Waals surface area contributed by atoms with E-state index in [4.69, 9.17) is 0 Å². The number of rotatable bonds is 5. The molecule has 2 aliphatic heterocycles. The first-order valence-electron chi connectivity index (χ1n) is 8.22. The lowest BCUT2D eigenvalue weighted by Crippen LogP contribution is -2.62. The Kier molecular flexibility index (Phi) is 5.42. The maximum Gasteiger partial charge on any atom is 0.116 e. The van der Waals surface area contributed by atoms with Gasteiger partial charge in [-0.05, 0) is 46.2 Å². The summed E-state index contributed by atoms with van der Waals surface area (Å²) in [6.07, 6.45) is 5.13. The summed E-state index contributed by atoms with van der Waals surface area (Å²) in [4.78, 5) is 5.19. The number of hydrogen-bond acceptors (Lipinski definition) is 4. The van der Waals surface area contributed by atoms with Gasteiger partial charge in [0, 0.05) is 31.7 Å². The van der Waals surface area contributed by atoms with Gasteiger partial charge in [0.15, 0.2) is 0 Å². The summed E-state index contributed by atoms with van der Waals surface area (Å²) in [7, 11) is 0. The minimum atomic E-state index is -0.416. The molecule has 2 saturated heterocycles. The molecule has 0 aromatic rings. The monoisotopic (exact) mass is 278 g/mol. The zero-order chi connectivity index (χ0) is 14.6. The van der Waals surface area contributed by atoms with Crippen LogP contribution >= 0.6 is 0 Å². The van der Waals surface area contributed by atoms with Gasteiger partial charge in [-0.2, -0.15) is 5.26 Å². The van der Waals surface area contributed by atoms with Crippen LogP contribution in [0.1, 0.15) is 46.5 Å². The lowest BCUT2D eigenvalue weighted by Gasteiger charge is -2.49. The highest BCUT2D eigenvalue weighted by Crippen LogP contribution is 2.25. The quantitative estimate of drug-likeness (QED) is 0.833. The molecule has 0 amide bonds. The molecule has 114 valence electrons. The third-order valence-corrected chi connectivity index (χ3v) is 4.85. The first kappa shape index (κ1) is 15.8. The highest BCUT2D eigenvalue weighted by atomic mass is 15.3. The first-order valence-corrected chi connectivity index (χ1v) is 8.22. The Balaban J connectivity index is 1.95. The Hall–Kier alpha value is -0.630. The number of nitriles is 1. The van der Waals surface area contributed by atoms with E-state index < -0.39 is 5.54 Å². The highest BCUT2D eigenvalue weighted by Gasteiger charge is 2.36. The zero-order valence-electron chi connectivity index (χ0n) is 13.4. The molecule has 4 nitrogen and oxygen atoms in total. The summed E-state index contributed by atoms with van der Waals surface area (Å²) in [5.74, 6) is 0. The topological polar surface area (TPSA) is 42.3 Å².